The summed E-state index contributed by atoms with van der Waals surface area (Å²) < 4.78 is 5.46. The van der Waals surface area contributed by atoms with E-state index in [1.165, 1.54) is 0 Å². The zero-order chi connectivity index (χ0) is 14.6. The van der Waals surface area contributed by atoms with Crippen LogP contribution in [0.15, 0.2) is 24.3 Å². The van der Waals surface area contributed by atoms with E-state index in [2.05, 4.69) is 45.7 Å². The smallest absolute Gasteiger partial charge is 0.123 e. The molecule has 0 heterocycles. The molecule has 0 radical (unpaired) electrons. The van der Waals surface area contributed by atoms with Crippen LogP contribution in [-0.2, 0) is 0 Å². The van der Waals surface area contributed by atoms with Crippen LogP contribution in [0.1, 0.15) is 39.3 Å². The van der Waals surface area contributed by atoms with Gasteiger partial charge in [-0.1, -0.05) is 39.0 Å². The third-order valence-corrected chi connectivity index (χ3v) is 4.08. The summed E-state index contributed by atoms with van der Waals surface area (Å²) >= 11 is 0. The summed E-state index contributed by atoms with van der Waals surface area (Å²) in [5.74, 6) is 0.908. The number of nitrogens with two attached hydrogens (primary N) is 1. The van der Waals surface area contributed by atoms with E-state index in [0.29, 0.717) is 12.6 Å². The molecule has 0 aliphatic rings. The van der Waals surface area contributed by atoms with Gasteiger partial charge in [0, 0.05) is 18.2 Å². The summed E-state index contributed by atoms with van der Waals surface area (Å²) in [5, 5.41) is 0. The lowest BCUT2D eigenvalue weighted by atomic mass is 9.86. The predicted octanol–water partition coefficient (Wildman–Crippen LogP) is 3.06. The monoisotopic (exact) mass is 264 g/mol. The highest BCUT2D eigenvalue weighted by Crippen LogP contribution is 2.33. The van der Waals surface area contributed by atoms with Gasteiger partial charge in [-0.2, -0.15) is 0 Å². The molecule has 1 aromatic rings. The number of rotatable bonds is 5. The summed E-state index contributed by atoms with van der Waals surface area (Å²) in [6.45, 7) is 9.59. The highest BCUT2D eigenvalue weighted by molar-refractivity contribution is 5.36. The minimum Gasteiger partial charge on any atom is -0.496 e. The summed E-state index contributed by atoms with van der Waals surface area (Å²) in [6, 6.07) is 8.71. The van der Waals surface area contributed by atoms with Gasteiger partial charge in [0.25, 0.3) is 0 Å². The summed E-state index contributed by atoms with van der Waals surface area (Å²) in [7, 11) is 3.85. The fraction of sp³-hybridized carbons (Fsp3) is 0.625. The Morgan fingerprint density at radius 2 is 1.84 bits per heavy atom. The van der Waals surface area contributed by atoms with Gasteiger partial charge in [0.2, 0.25) is 0 Å². The molecule has 2 unspecified atom stereocenters. The van der Waals surface area contributed by atoms with Crippen LogP contribution in [0.2, 0.25) is 0 Å². The molecule has 19 heavy (non-hydrogen) atoms. The van der Waals surface area contributed by atoms with Crippen molar-refractivity contribution in [3.63, 3.8) is 0 Å². The second-order valence-electron chi connectivity index (χ2n) is 6.20. The molecule has 2 N–H and O–H groups in total. The Bertz CT molecular complexity index is 398. The lowest BCUT2D eigenvalue weighted by Crippen LogP contribution is -2.43. The van der Waals surface area contributed by atoms with Crippen molar-refractivity contribution < 1.29 is 4.74 Å². The zero-order valence-corrected chi connectivity index (χ0v) is 13.1. The summed E-state index contributed by atoms with van der Waals surface area (Å²) in [6.07, 6.45) is 0. The van der Waals surface area contributed by atoms with Crippen LogP contribution < -0.4 is 10.5 Å². The van der Waals surface area contributed by atoms with E-state index >= 15 is 0 Å². The molecule has 0 aliphatic carbocycles. The van der Waals surface area contributed by atoms with Crippen LogP contribution in [0.25, 0.3) is 0 Å². The fourth-order valence-corrected chi connectivity index (χ4v) is 2.34. The number of methoxy groups -OCH3 is 1. The molecule has 1 rings (SSSR count). The maximum absolute atomic E-state index is 6.01. The van der Waals surface area contributed by atoms with Crippen molar-refractivity contribution in [3.8, 4) is 5.75 Å². The quantitative estimate of drug-likeness (QED) is 0.888. The van der Waals surface area contributed by atoms with Gasteiger partial charge in [0.15, 0.2) is 0 Å². The minimum atomic E-state index is 0.172. The van der Waals surface area contributed by atoms with Gasteiger partial charge in [-0.25, -0.2) is 0 Å². The number of ether oxygens (including phenoxy) is 1. The molecular weight excluding hydrogens is 236 g/mol. The molecule has 0 saturated carbocycles. The Kier molecular flexibility index (Phi) is 5.39. The zero-order valence-electron chi connectivity index (χ0n) is 13.1. The minimum absolute atomic E-state index is 0.172. The van der Waals surface area contributed by atoms with Crippen LogP contribution in [0, 0.1) is 5.41 Å². The van der Waals surface area contributed by atoms with Gasteiger partial charge in [-0.05, 0) is 25.5 Å². The first kappa shape index (κ1) is 16.0. The largest absolute Gasteiger partial charge is 0.496 e. The average molecular weight is 264 g/mol. The maximum atomic E-state index is 6.01. The van der Waals surface area contributed by atoms with Crippen molar-refractivity contribution in [3.05, 3.63) is 29.8 Å². The van der Waals surface area contributed by atoms with E-state index in [1.54, 1.807) is 7.11 Å². The third-order valence-electron chi connectivity index (χ3n) is 4.08. The van der Waals surface area contributed by atoms with Crippen LogP contribution >= 0.6 is 0 Å². The van der Waals surface area contributed by atoms with Crippen molar-refractivity contribution in [2.45, 2.75) is 39.8 Å². The van der Waals surface area contributed by atoms with E-state index in [9.17, 15) is 0 Å². The number of benzene rings is 1. The SMILES string of the molecule is COc1ccccc1C(CN)N(C)C(C)C(C)(C)C. The Morgan fingerprint density at radius 3 is 2.32 bits per heavy atom. The highest BCUT2D eigenvalue weighted by atomic mass is 16.5. The fourth-order valence-electron chi connectivity index (χ4n) is 2.34. The number of likely N-dealkylation sites (N-methyl/N-ethyl adjacent to an activating group) is 1. The molecule has 0 spiro atoms. The first-order valence-electron chi connectivity index (χ1n) is 6.87. The molecule has 0 aromatic heterocycles. The standard InChI is InChI=1S/C16H28N2O/c1-12(16(2,3)4)18(5)14(11-17)13-9-7-8-10-15(13)19-6/h7-10,12,14H,11,17H2,1-6H3. The molecule has 3 heteroatoms. The molecular formula is C16H28N2O. The molecule has 2 atom stereocenters. The molecule has 0 bridgehead atoms. The second-order valence-corrected chi connectivity index (χ2v) is 6.20. The Morgan fingerprint density at radius 1 is 1.26 bits per heavy atom. The highest BCUT2D eigenvalue weighted by Gasteiger charge is 2.29. The molecule has 0 fully saturated rings. The van der Waals surface area contributed by atoms with E-state index in [1.807, 2.05) is 18.2 Å². The van der Waals surface area contributed by atoms with E-state index in [-0.39, 0.29) is 11.5 Å². The molecule has 108 valence electrons. The molecule has 0 amide bonds. The third kappa shape index (κ3) is 3.71. The molecule has 0 aliphatic heterocycles. The second kappa shape index (κ2) is 6.40. The summed E-state index contributed by atoms with van der Waals surface area (Å²) in [5.41, 5.74) is 7.38. The lowest BCUT2D eigenvalue weighted by Gasteiger charge is -2.40. The van der Waals surface area contributed by atoms with Gasteiger partial charge >= 0.3 is 0 Å². The van der Waals surface area contributed by atoms with Crippen molar-refractivity contribution in [2.75, 3.05) is 20.7 Å². The van der Waals surface area contributed by atoms with Crippen molar-refractivity contribution in [1.29, 1.82) is 0 Å². The number of hydrogen-bond donors (Lipinski definition) is 1. The van der Waals surface area contributed by atoms with Crippen LogP contribution in [-0.4, -0.2) is 31.6 Å². The predicted molar refractivity (Wildman–Crippen MR) is 81.5 cm³/mol. The maximum Gasteiger partial charge on any atom is 0.123 e. The van der Waals surface area contributed by atoms with Crippen molar-refractivity contribution in [2.24, 2.45) is 11.1 Å². The first-order valence-corrected chi connectivity index (χ1v) is 6.87. The van der Waals surface area contributed by atoms with Gasteiger partial charge in [-0.3, -0.25) is 4.90 Å². The average Bonchev–Trinajstić information content (AvgIpc) is 2.38. The van der Waals surface area contributed by atoms with Crippen LogP contribution in [0.4, 0.5) is 0 Å². The molecule has 1 aromatic carbocycles. The topological polar surface area (TPSA) is 38.5 Å². The van der Waals surface area contributed by atoms with Crippen molar-refractivity contribution >= 4 is 0 Å². The Hall–Kier alpha value is -1.06. The van der Waals surface area contributed by atoms with E-state index in [4.69, 9.17) is 10.5 Å². The van der Waals surface area contributed by atoms with Crippen molar-refractivity contribution in [1.82, 2.24) is 4.90 Å². The summed E-state index contributed by atoms with van der Waals surface area (Å²) in [4.78, 5) is 2.35. The first-order chi connectivity index (χ1) is 8.82. The van der Waals surface area contributed by atoms with E-state index in [0.717, 1.165) is 11.3 Å². The van der Waals surface area contributed by atoms with Gasteiger partial charge < -0.3 is 10.5 Å². The normalized spacial score (nSPS) is 15.4. The number of nitrogens with zero attached hydrogens (tertiary/aromatic N) is 1. The van der Waals surface area contributed by atoms with E-state index < -0.39 is 0 Å². The van der Waals surface area contributed by atoms with Crippen LogP contribution in [0.5, 0.6) is 5.75 Å². The molecule has 0 saturated heterocycles. The number of para-hydroxylation sites is 1. The van der Waals surface area contributed by atoms with Gasteiger partial charge in [0.05, 0.1) is 13.2 Å². The van der Waals surface area contributed by atoms with Crippen LogP contribution in [0.3, 0.4) is 0 Å². The van der Waals surface area contributed by atoms with Gasteiger partial charge in [0.1, 0.15) is 5.75 Å². The number of hydrogen-bond acceptors (Lipinski definition) is 3. The Labute approximate surface area is 117 Å². The lowest BCUT2D eigenvalue weighted by molar-refractivity contribution is 0.0988. The molecule has 3 nitrogen and oxygen atoms in total. The van der Waals surface area contributed by atoms with Gasteiger partial charge in [-0.15, -0.1) is 0 Å². The Balaban J connectivity index is 3.06.